The highest BCUT2D eigenvalue weighted by Crippen LogP contribution is 2.14. The topological polar surface area (TPSA) is 86.2 Å². The molecule has 0 aliphatic heterocycles. The van der Waals surface area contributed by atoms with Crippen molar-refractivity contribution in [1.29, 1.82) is 0 Å². The molecule has 4 heteroatoms. The maximum atomic E-state index is 11.3. The minimum atomic E-state index is -0.554. The number of benzene rings is 1. The average molecular weight is 206 g/mol. The highest BCUT2D eigenvalue weighted by atomic mass is 16.1. The van der Waals surface area contributed by atoms with Gasteiger partial charge < -0.3 is 11.5 Å². The standard InChI is InChI=1S/C11H14N2O2/c1-2-9(14)5-7-3-4-8(12)6-10(7)11(13)15/h3-4,6H,2,5,12H2,1H3,(H2,13,15). The van der Waals surface area contributed by atoms with E-state index in [1.165, 1.54) is 6.07 Å². The lowest BCUT2D eigenvalue weighted by Crippen LogP contribution is -2.16. The minimum absolute atomic E-state index is 0.0715. The van der Waals surface area contributed by atoms with Gasteiger partial charge in [0.1, 0.15) is 5.78 Å². The van der Waals surface area contributed by atoms with E-state index >= 15 is 0 Å². The van der Waals surface area contributed by atoms with Gasteiger partial charge in [0.05, 0.1) is 0 Å². The summed E-state index contributed by atoms with van der Waals surface area (Å²) in [4.78, 5) is 22.4. The van der Waals surface area contributed by atoms with Crippen LogP contribution in [0, 0.1) is 0 Å². The van der Waals surface area contributed by atoms with Gasteiger partial charge in [-0.25, -0.2) is 0 Å². The Hall–Kier alpha value is -1.84. The van der Waals surface area contributed by atoms with E-state index in [1.54, 1.807) is 19.1 Å². The van der Waals surface area contributed by atoms with Crippen LogP contribution in [0.4, 0.5) is 5.69 Å². The van der Waals surface area contributed by atoms with Gasteiger partial charge in [-0.05, 0) is 17.7 Å². The van der Waals surface area contributed by atoms with Crippen molar-refractivity contribution in [3.8, 4) is 0 Å². The molecule has 0 heterocycles. The molecule has 4 N–H and O–H groups in total. The molecule has 0 aromatic heterocycles. The molecule has 0 spiro atoms. The van der Waals surface area contributed by atoms with Gasteiger partial charge >= 0.3 is 0 Å². The van der Waals surface area contributed by atoms with Gasteiger partial charge in [-0.15, -0.1) is 0 Å². The number of ketones is 1. The fourth-order valence-corrected chi connectivity index (χ4v) is 1.32. The molecule has 1 rings (SSSR count). The van der Waals surface area contributed by atoms with Gasteiger partial charge in [-0.2, -0.15) is 0 Å². The zero-order valence-electron chi connectivity index (χ0n) is 8.62. The van der Waals surface area contributed by atoms with Gasteiger partial charge in [0.2, 0.25) is 5.91 Å². The second-order valence-electron chi connectivity index (χ2n) is 3.35. The molecule has 0 saturated carbocycles. The van der Waals surface area contributed by atoms with E-state index in [0.29, 0.717) is 23.2 Å². The number of hydrogen-bond donors (Lipinski definition) is 2. The number of primary amides is 1. The Morgan fingerprint density at radius 1 is 1.33 bits per heavy atom. The Balaban J connectivity index is 3.06. The largest absolute Gasteiger partial charge is 0.399 e. The van der Waals surface area contributed by atoms with E-state index in [2.05, 4.69) is 0 Å². The lowest BCUT2D eigenvalue weighted by atomic mass is 10.0. The third-order valence-corrected chi connectivity index (χ3v) is 2.18. The maximum Gasteiger partial charge on any atom is 0.249 e. The van der Waals surface area contributed by atoms with E-state index in [-0.39, 0.29) is 12.2 Å². The van der Waals surface area contributed by atoms with Crippen LogP contribution < -0.4 is 11.5 Å². The highest BCUT2D eigenvalue weighted by Gasteiger charge is 2.10. The van der Waals surface area contributed by atoms with E-state index < -0.39 is 5.91 Å². The van der Waals surface area contributed by atoms with Crippen LogP contribution in [0.1, 0.15) is 29.3 Å². The van der Waals surface area contributed by atoms with E-state index in [1.807, 2.05) is 0 Å². The summed E-state index contributed by atoms with van der Waals surface area (Å²) >= 11 is 0. The molecule has 0 bridgehead atoms. The van der Waals surface area contributed by atoms with Crippen molar-refractivity contribution < 1.29 is 9.59 Å². The molecule has 1 aromatic rings. The van der Waals surface area contributed by atoms with Crippen molar-refractivity contribution in [2.24, 2.45) is 5.73 Å². The molecule has 1 amide bonds. The first-order valence-electron chi connectivity index (χ1n) is 4.74. The van der Waals surface area contributed by atoms with Crippen molar-refractivity contribution in [2.45, 2.75) is 19.8 Å². The molecule has 0 fully saturated rings. The van der Waals surface area contributed by atoms with Crippen molar-refractivity contribution in [2.75, 3.05) is 5.73 Å². The zero-order valence-corrected chi connectivity index (χ0v) is 8.62. The second-order valence-corrected chi connectivity index (χ2v) is 3.35. The number of nitrogens with two attached hydrogens (primary N) is 2. The van der Waals surface area contributed by atoms with Crippen LogP contribution in [0.5, 0.6) is 0 Å². The van der Waals surface area contributed by atoms with E-state index in [0.717, 1.165) is 0 Å². The van der Waals surface area contributed by atoms with Crippen molar-refractivity contribution >= 4 is 17.4 Å². The van der Waals surface area contributed by atoms with Crippen molar-refractivity contribution in [3.63, 3.8) is 0 Å². The number of Topliss-reactive ketones (excluding diaryl/α,β-unsaturated/α-hetero) is 1. The molecule has 1 aromatic carbocycles. The average Bonchev–Trinajstić information content (AvgIpc) is 2.20. The number of anilines is 1. The number of carbonyl (C=O) groups is 2. The summed E-state index contributed by atoms with van der Waals surface area (Å²) in [5.74, 6) is -0.483. The summed E-state index contributed by atoms with van der Waals surface area (Å²) in [6.07, 6.45) is 0.678. The predicted octanol–water partition coefficient (Wildman–Crippen LogP) is 0.889. The molecule has 4 nitrogen and oxygen atoms in total. The summed E-state index contributed by atoms with van der Waals surface area (Å²) in [5.41, 5.74) is 12.2. The minimum Gasteiger partial charge on any atom is -0.399 e. The van der Waals surface area contributed by atoms with Crippen LogP contribution >= 0.6 is 0 Å². The van der Waals surface area contributed by atoms with Crippen LogP contribution in [0.15, 0.2) is 18.2 Å². The lowest BCUT2D eigenvalue weighted by Gasteiger charge is -2.06. The number of rotatable bonds is 4. The molecule has 0 aliphatic carbocycles. The van der Waals surface area contributed by atoms with Gasteiger partial charge in [0.25, 0.3) is 0 Å². The molecule has 80 valence electrons. The molecule has 0 radical (unpaired) electrons. The van der Waals surface area contributed by atoms with Crippen molar-refractivity contribution in [3.05, 3.63) is 29.3 Å². The SMILES string of the molecule is CCC(=O)Cc1ccc(N)cc1C(N)=O. The molecule has 0 unspecified atom stereocenters. The van der Waals surface area contributed by atoms with E-state index in [4.69, 9.17) is 11.5 Å². The van der Waals surface area contributed by atoms with Crippen LogP contribution in [0.25, 0.3) is 0 Å². The Bertz CT molecular complexity index is 400. The van der Waals surface area contributed by atoms with Gasteiger partial charge in [-0.3, -0.25) is 9.59 Å². The third kappa shape index (κ3) is 2.80. The monoisotopic (exact) mass is 206 g/mol. The van der Waals surface area contributed by atoms with Crippen LogP contribution in [0.2, 0.25) is 0 Å². The molecular formula is C11H14N2O2. The first kappa shape index (κ1) is 11.2. The Morgan fingerprint density at radius 2 is 2.00 bits per heavy atom. The molecule has 0 aliphatic rings. The molecular weight excluding hydrogens is 192 g/mol. The molecule has 15 heavy (non-hydrogen) atoms. The summed E-state index contributed by atoms with van der Waals surface area (Å²) in [7, 11) is 0. The van der Waals surface area contributed by atoms with Gasteiger partial charge in [0.15, 0.2) is 0 Å². The maximum absolute atomic E-state index is 11.3. The second kappa shape index (κ2) is 4.59. The van der Waals surface area contributed by atoms with Gasteiger partial charge in [-0.1, -0.05) is 13.0 Å². The van der Waals surface area contributed by atoms with Crippen molar-refractivity contribution in [1.82, 2.24) is 0 Å². The summed E-state index contributed by atoms with van der Waals surface area (Å²) in [5, 5.41) is 0. The number of carbonyl (C=O) groups excluding carboxylic acids is 2. The number of amides is 1. The fourth-order valence-electron chi connectivity index (χ4n) is 1.32. The highest BCUT2D eigenvalue weighted by molar-refractivity contribution is 5.96. The summed E-state index contributed by atoms with van der Waals surface area (Å²) in [6, 6.07) is 4.83. The van der Waals surface area contributed by atoms with Crippen LogP contribution in [-0.2, 0) is 11.2 Å². The summed E-state index contributed by atoms with van der Waals surface area (Å²) < 4.78 is 0. The predicted molar refractivity (Wildman–Crippen MR) is 58.4 cm³/mol. The zero-order chi connectivity index (χ0) is 11.4. The lowest BCUT2D eigenvalue weighted by molar-refractivity contribution is -0.118. The molecule has 0 atom stereocenters. The first-order valence-corrected chi connectivity index (χ1v) is 4.74. The Labute approximate surface area is 88.3 Å². The Kier molecular flexibility index (Phi) is 3.44. The normalized spacial score (nSPS) is 9.93. The quantitative estimate of drug-likeness (QED) is 0.717. The van der Waals surface area contributed by atoms with Crippen LogP contribution in [-0.4, -0.2) is 11.7 Å². The third-order valence-electron chi connectivity index (χ3n) is 2.18. The smallest absolute Gasteiger partial charge is 0.249 e. The number of nitrogen functional groups attached to an aromatic ring is 1. The van der Waals surface area contributed by atoms with E-state index in [9.17, 15) is 9.59 Å². The van der Waals surface area contributed by atoms with Gasteiger partial charge in [0, 0.05) is 24.1 Å². The summed E-state index contributed by atoms with van der Waals surface area (Å²) in [6.45, 7) is 1.78. The fraction of sp³-hybridized carbons (Fsp3) is 0.273. The van der Waals surface area contributed by atoms with Crippen LogP contribution in [0.3, 0.4) is 0 Å². The Morgan fingerprint density at radius 3 is 2.53 bits per heavy atom. The number of hydrogen-bond acceptors (Lipinski definition) is 3. The molecule has 0 saturated heterocycles. The first-order chi connectivity index (χ1) is 7.04.